The van der Waals surface area contributed by atoms with E-state index < -0.39 is 0 Å². The number of fused-ring (bicyclic) bond motifs is 6. The second kappa shape index (κ2) is 17.3. The van der Waals surface area contributed by atoms with Gasteiger partial charge in [0.15, 0.2) is 0 Å². The summed E-state index contributed by atoms with van der Waals surface area (Å²) in [6.45, 7) is 7.16. The van der Waals surface area contributed by atoms with Crippen molar-refractivity contribution in [3.8, 4) is 77.9 Å². The van der Waals surface area contributed by atoms with E-state index in [1.54, 1.807) is 0 Å². The van der Waals surface area contributed by atoms with E-state index in [1.807, 2.05) is 0 Å². The molecule has 11 aromatic carbocycles. The summed E-state index contributed by atoms with van der Waals surface area (Å²) in [5.74, 6) is 0. The molecule has 1 unspecified atom stereocenters. The molecule has 0 fully saturated rings. The fraction of sp³-hybridized carbons (Fsp3) is 0.0704. The van der Waals surface area contributed by atoms with Crippen molar-refractivity contribution in [3.05, 3.63) is 295 Å². The molecule has 0 bridgehead atoms. The van der Waals surface area contributed by atoms with E-state index in [1.165, 1.54) is 106 Å². The Morgan fingerprint density at radius 1 is 0.250 bits per heavy atom. The molecule has 0 heterocycles. The van der Waals surface area contributed by atoms with Gasteiger partial charge in [0.1, 0.15) is 0 Å². The predicted molar refractivity (Wildman–Crippen MR) is 303 cm³/mol. The zero-order valence-corrected chi connectivity index (χ0v) is 40.9. The first-order chi connectivity index (χ1) is 35.4. The molecule has 0 saturated carbocycles. The maximum Gasteiger partial charge on any atom is 0.0465 e. The first-order valence-corrected chi connectivity index (χ1v) is 25.2. The number of hydrogen-bond donors (Lipinski definition) is 0. The summed E-state index contributed by atoms with van der Waals surface area (Å²) in [5.41, 5.74) is 27.0. The van der Waals surface area contributed by atoms with E-state index in [-0.39, 0.29) is 10.8 Å². The van der Waals surface area contributed by atoms with Gasteiger partial charge < -0.3 is 4.90 Å². The van der Waals surface area contributed by atoms with Gasteiger partial charge in [0.25, 0.3) is 0 Å². The standard InChI is InChI=1S/C71H53N/c1-70(2)66-31-16-14-28-62(66)65-30-18-29-64(69(65)70)60-26-13-12-25-59(60)52-39-43-55(44-40-52)72(56-45-46-63-61-27-15-17-32-67(61)71(3,68(63)47-56)53-21-8-5-9-22-53)54-41-37-51(38-42-54)58-24-11-10-23-57(58)50-35-33-49(34-36-50)48-19-6-4-7-20-48/h4-47H,1-3H3. The quantitative estimate of drug-likeness (QED) is 0.139. The lowest BCUT2D eigenvalue weighted by atomic mass is 9.74. The van der Waals surface area contributed by atoms with Crippen molar-refractivity contribution in [2.75, 3.05) is 4.90 Å². The van der Waals surface area contributed by atoms with Gasteiger partial charge in [-0.15, -0.1) is 0 Å². The molecule has 0 N–H and O–H groups in total. The zero-order chi connectivity index (χ0) is 48.4. The summed E-state index contributed by atoms with van der Waals surface area (Å²) in [6, 6.07) is 98.6. The lowest BCUT2D eigenvalue weighted by Gasteiger charge is -2.31. The molecule has 13 rings (SSSR count). The number of anilines is 3. The molecule has 1 nitrogen and oxygen atoms in total. The Labute approximate surface area is 424 Å². The molecular formula is C71H53N. The molecule has 2 aliphatic carbocycles. The van der Waals surface area contributed by atoms with Gasteiger partial charge in [0.05, 0.1) is 0 Å². The fourth-order valence-electron chi connectivity index (χ4n) is 12.2. The Morgan fingerprint density at radius 3 is 1.21 bits per heavy atom. The third kappa shape index (κ3) is 6.99. The van der Waals surface area contributed by atoms with Gasteiger partial charge >= 0.3 is 0 Å². The first-order valence-electron chi connectivity index (χ1n) is 25.2. The van der Waals surface area contributed by atoms with E-state index >= 15 is 0 Å². The Kier molecular flexibility index (Phi) is 10.4. The van der Waals surface area contributed by atoms with Crippen LogP contribution in [-0.2, 0) is 10.8 Å². The van der Waals surface area contributed by atoms with Crippen LogP contribution in [0.1, 0.15) is 48.6 Å². The molecule has 72 heavy (non-hydrogen) atoms. The SMILES string of the molecule is CC1(C)c2ccccc2-c2cccc(-c3ccccc3-c3ccc(N(c4ccc(-c5ccccc5-c5ccc(-c6ccccc6)cc5)cc4)c4ccc5c(c4)C(C)(c4ccccc4)c4ccccc4-5)cc3)c21. The van der Waals surface area contributed by atoms with Gasteiger partial charge in [-0.1, -0.05) is 244 Å². The molecule has 11 aromatic rings. The highest BCUT2D eigenvalue weighted by atomic mass is 15.1. The maximum absolute atomic E-state index is 2.45. The minimum absolute atomic E-state index is 0.125. The van der Waals surface area contributed by atoms with Crippen LogP contribution in [0.15, 0.2) is 267 Å². The molecule has 0 spiro atoms. The molecule has 1 atom stereocenters. The molecule has 0 saturated heterocycles. The van der Waals surface area contributed by atoms with Crippen molar-refractivity contribution in [2.45, 2.75) is 31.6 Å². The Hall–Kier alpha value is -8.78. The summed E-state index contributed by atoms with van der Waals surface area (Å²) in [7, 11) is 0. The minimum atomic E-state index is -0.331. The molecule has 0 radical (unpaired) electrons. The number of rotatable bonds is 9. The van der Waals surface area contributed by atoms with Crippen LogP contribution in [0.4, 0.5) is 17.1 Å². The first kappa shape index (κ1) is 43.3. The van der Waals surface area contributed by atoms with Crippen molar-refractivity contribution in [2.24, 2.45) is 0 Å². The van der Waals surface area contributed by atoms with E-state index in [9.17, 15) is 0 Å². The highest BCUT2D eigenvalue weighted by Gasteiger charge is 2.41. The van der Waals surface area contributed by atoms with E-state index in [2.05, 4.69) is 293 Å². The van der Waals surface area contributed by atoms with Gasteiger partial charge in [-0.25, -0.2) is 0 Å². The van der Waals surface area contributed by atoms with Gasteiger partial charge in [0, 0.05) is 27.9 Å². The Balaban J connectivity index is 0.916. The number of nitrogens with zero attached hydrogens (tertiary/aromatic N) is 1. The van der Waals surface area contributed by atoms with Crippen LogP contribution in [0.2, 0.25) is 0 Å². The van der Waals surface area contributed by atoms with Gasteiger partial charge in [-0.3, -0.25) is 0 Å². The third-order valence-electron chi connectivity index (χ3n) is 15.8. The van der Waals surface area contributed by atoms with Crippen molar-refractivity contribution in [1.29, 1.82) is 0 Å². The summed E-state index contributed by atoms with van der Waals surface area (Å²) in [5, 5.41) is 0. The molecule has 0 amide bonds. The van der Waals surface area contributed by atoms with Crippen LogP contribution < -0.4 is 4.90 Å². The van der Waals surface area contributed by atoms with Crippen LogP contribution in [0.3, 0.4) is 0 Å². The van der Waals surface area contributed by atoms with Crippen molar-refractivity contribution >= 4 is 17.1 Å². The van der Waals surface area contributed by atoms with Crippen molar-refractivity contribution < 1.29 is 0 Å². The third-order valence-corrected chi connectivity index (χ3v) is 15.8. The van der Waals surface area contributed by atoms with E-state index in [0.717, 1.165) is 17.1 Å². The summed E-state index contributed by atoms with van der Waals surface area (Å²) < 4.78 is 0. The van der Waals surface area contributed by atoms with Crippen LogP contribution in [-0.4, -0.2) is 0 Å². The average Bonchev–Trinajstić information content (AvgIpc) is 3.85. The fourth-order valence-corrected chi connectivity index (χ4v) is 12.2. The second-order valence-corrected chi connectivity index (χ2v) is 20.1. The molecule has 0 aromatic heterocycles. The lowest BCUT2D eigenvalue weighted by Crippen LogP contribution is -2.22. The summed E-state index contributed by atoms with van der Waals surface area (Å²) in [4.78, 5) is 2.44. The van der Waals surface area contributed by atoms with Crippen LogP contribution in [0.5, 0.6) is 0 Å². The van der Waals surface area contributed by atoms with Crippen LogP contribution in [0.25, 0.3) is 77.9 Å². The zero-order valence-electron chi connectivity index (χ0n) is 40.9. The summed E-state index contributed by atoms with van der Waals surface area (Å²) >= 11 is 0. The predicted octanol–water partition coefficient (Wildman–Crippen LogP) is 19.1. The van der Waals surface area contributed by atoms with Gasteiger partial charge in [-0.2, -0.15) is 0 Å². The summed E-state index contributed by atoms with van der Waals surface area (Å²) in [6.07, 6.45) is 0. The van der Waals surface area contributed by atoms with Crippen molar-refractivity contribution in [1.82, 2.24) is 0 Å². The highest BCUT2D eigenvalue weighted by molar-refractivity contribution is 5.94. The molecule has 342 valence electrons. The van der Waals surface area contributed by atoms with E-state index in [0.29, 0.717) is 0 Å². The van der Waals surface area contributed by atoms with E-state index in [4.69, 9.17) is 0 Å². The topological polar surface area (TPSA) is 3.24 Å². The number of benzene rings is 11. The molecule has 2 aliphatic rings. The molecular weight excluding hydrogens is 867 g/mol. The average molecular weight is 920 g/mol. The van der Waals surface area contributed by atoms with Gasteiger partial charge in [0.2, 0.25) is 0 Å². The largest absolute Gasteiger partial charge is 0.310 e. The van der Waals surface area contributed by atoms with Crippen LogP contribution >= 0.6 is 0 Å². The van der Waals surface area contributed by atoms with Gasteiger partial charge in [-0.05, 0) is 149 Å². The highest BCUT2D eigenvalue weighted by Crippen LogP contribution is 2.55. The Bertz CT molecular complexity index is 3810. The molecule has 1 heteroatoms. The van der Waals surface area contributed by atoms with Crippen LogP contribution in [0, 0.1) is 0 Å². The minimum Gasteiger partial charge on any atom is -0.310 e. The van der Waals surface area contributed by atoms with Crippen molar-refractivity contribution in [3.63, 3.8) is 0 Å². The normalized spacial score (nSPS) is 14.8. The molecule has 0 aliphatic heterocycles. The number of hydrogen-bond acceptors (Lipinski definition) is 1. The Morgan fingerprint density at radius 2 is 0.625 bits per heavy atom. The second-order valence-electron chi connectivity index (χ2n) is 20.1. The smallest absolute Gasteiger partial charge is 0.0465 e. The monoisotopic (exact) mass is 919 g/mol. The maximum atomic E-state index is 2.45. The lowest BCUT2D eigenvalue weighted by molar-refractivity contribution is 0.662.